The number of carbonyl (C=O) groups is 2. The Labute approximate surface area is 136 Å². The first-order valence-corrected chi connectivity index (χ1v) is 7.88. The van der Waals surface area contributed by atoms with Crippen LogP contribution in [-0.4, -0.2) is 24.9 Å². The molecule has 23 heavy (non-hydrogen) atoms. The van der Waals surface area contributed by atoms with Gasteiger partial charge in [-0.15, -0.1) is 0 Å². The smallest absolute Gasteiger partial charge is 0.251 e. The molecule has 0 aliphatic carbocycles. The number of nitrogens with zero attached hydrogens (tertiary/aromatic N) is 1. The number of anilines is 1. The van der Waals surface area contributed by atoms with E-state index in [0.29, 0.717) is 18.5 Å². The summed E-state index contributed by atoms with van der Waals surface area (Å²) in [6, 6.07) is 15.4. The van der Waals surface area contributed by atoms with Crippen LogP contribution < -0.4 is 10.2 Å². The second kappa shape index (κ2) is 6.65. The van der Waals surface area contributed by atoms with Crippen molar-refractivity contribution < 1.29 is 9.59 Å². The Hall–Kier alpha value is -2.62. The molecule has 1 aliphatic rings. The van der Waals surface area contributed by atoms with Crippen molar-refractivity contribution in [3.8, 4) is 0 Å². The van der Waals surface area contributed by atoms with Gasteiger partial charge in [-0.3, -0.25) is 9.59 Å². The van der Waals surface area contributed by atoms with E-state index in [1.807, 2.05) is 42.2 Å². The molecule has 0 saturated heterocycles. The Morgan fingerprint density at radius 2 is 1.83 bits per heavy atom. The first kappa shape index (κ1) is 15.3. The Bertz CT molecular complexity index is 722. The highest BCUT2D eigenvalue weighted by molar-refractivity contribution is 5.97. The number of fused-ring (bicyclic) bond motifs is 1. The summed E-state index contributed by atoms with van der Waals surface area (Å²) >= 11 is 0. The van der Waals surface area contributed by atoms with Gasteiger partial charge < -0.3 is 10.2 Å². The molecular weight excluding hydrogens is 288 g/mol. The van der Waals surface area contributed by atoms with Gasteiger partial charge in [0.15, 0.2) is 0 Å². The topological polar surface area (TPSA) is 49.4 Å². The van der Waals surface area contributed by atoms with Crippen LogP contribution in [0.3, 0.4) is 0 Å². The number of aryl methyl sites for hydroxylation is 1. The molecule has 0 aromatic heterocycles. The zero-order valence-corrected chi connectivity index (χ0v) is 13.2. The standard InChI is InChI=1S/C19H20N2O2/c1-14-6-8-16(9-7-14)19(23)20-12-10-18(22)21-13-11-15-4-2-3-5-17(15)21/h2-9H,10-13H2,1H3,(H,20,23). The van der Waals surface area contributed by atoms with Gasteiger partial charge in [-0.05, 0) is 37.1 Å². The minimum Gasteiger partial charge on any atom is -0.352 e. The maximum absolute atomic E-state index is 12.3. The van der Waals surface area contributed by atoms with Crippen LogP contribution in [0.1, 0.15) is 27.9 Å². The van der Waals surface area contributed by atoms with E-state index in [4.69, 9.17) is 0 Å². The van der Waals surface area contributed by atoms with Gasteiger partial charge in [0, 0.05) is 30.8 Å². The molecule has 0 radical (unpaired) electrons. The molecule has 118 valence electrons. The fourth-order valence-electron chi connectivity index (χ4n) is 2.82. The molecule has 0 atom stereocenters. The van der Waals surface area contributed by atoms with Crippen LogP contribution in [0.25, 0.3) is 0 Å². The van der Waals surface area contributed by atoms with Crippen molar-refractivity contribution in [2.45, 2.75) is 19.8 Å². The van der Waals surface area contributed by atoms with Crippen molar-refractivity contribution in [3.05, 3.63) is 65.2 Å². The summed E-state index contributed by atoms with van der Waals surface area (Å²) in [7, 11) is 0. The lowest BCUT2D eigenvalue weighted by Gasteiger charge is -2.17. The molecule has 2 aromatic rings. The number of rotatable bonds is 4. The SMILES string of the molecule is Cc1ccc(C(=O)NCCC(=O)N2CCc3ccccc32)cc1. The van der Waals surface area contributed by atoms with Crippen LogP contribution in [0.5, 0.6) is 0 Å². The summed E-state index contributed by atoms with van der Waals surface area (Å²) in [5.41, 5.74) is 3.95. The van der Waals surface area contributed by atoms with E-state index in [1.54, 1.807) is 12.1 Å². The van der Waals surface area contributed by atoms with Gasteiger partial charge in [-0.2, -0.15) is 0 Å². The molecule has 2 aromatic carbocycles. The van der Waals surface area contributed by atoms with E-state index in [1.165, 1.54) is 5.56 Å². The maximum atomic E-state index is 12.3. The normalized spacial score (nSPS) is 12.8. The van der Waals surface area contributed by atoms with E-state index in [0.717, 1.165) is 24.2 Å². The second-order valence-corrected chi connectivity index (χ2v) is 5.80. The molecule has 0 bridgehead atoms. The molecular formula is C19H20N2O2. The lowest BCUT2D eigenvalue weighted by molar-refractivity contribution is -0.118. The zero-order chi connectivity index (χ0) is 16.2. The Balaban J connectivity index is 1.52. The Morgan fingerprint density at radius 3 is 2.61 bits per heavy atom. The van der Waals surface area contributed by atoms with Crippen LogP contribution >= 0.6 is 0 Å². The van der Waals surface area contributed by atoms with Gasteiger partial charge in [-0.1, -0.05) is 35.9 Å². The highest BCUT2D eigenvalue weighted by Crippen LogP contribution is 2.27. The molecule has 0 spiro atoms. The third-order valence-corrected chi connectivity index (χ3v) is 4.13. The third kappa shape index (κ3) is 3.42. The molecule has 1 aliphatic heterocycles. The van der Waals surface area contributed by atoms with E-state index in [-0.39, 0.29) is 11.8 Å². The molecule has 2 amide bonds. The van der Waals surface area contributed by atoms with Crippen molar-refractivity contribution in [1.29, 1.82) is 0 Å². The number of carbonyl (C=O) groups excluding carboxylic acids is 2. The molecule has 0 unspecified atom stereocenters. The van der Waals surface area contributed by atoms with Crippen molar-refractivity contribution in [3.63, 3.8) is 0 Å². The zero-order valence-electron chi connectivity index (χ0n) is 13.2. The number of hydrogen-bond donors (Lipinski definition) is 1. The predicted molar refractivity (Wildman–Crippen MR) is 90.6 cm³/mol. The van der Waals surface area contributed by atoms with Crippen molar-refractivity contribution in [2.75, 3.05) is 18.0 Å². The Kier molecular flexibility index (Phi) is 4.42. The summed E-state index contributed by atoms with van der Waals surface area (Å²) in [6.45, 7) is 3.06. The van der Waals surface area contributed by atoms with Crippen LogP contribution in [-0.2, 0) is 11.2 Å². The van der Waals surface area contributed by atoms with Gasteiger partial charge in [0.1, 0.15) is 0 Å². The lowest BCUT2D eigenvalue weighted by Crippen LogP contribution is -2.33. The van der Waals surface area contributed by atoms with Crippen LogP contribution in [0.4, 0.5) is 5.69 Å². The predicted octanol–water partition coefficient (Wildman–Crippen LogP) is 2.70. The second-order valence-electron chi connectivity index (χ2n) is 5.80. The summed E-state index contributed by atoms with van der Waals surface area (Å²) in [4.78, 5) is 26.2. The number of benzene rings is 2. The maximum Gasteiger partial charge on any atom is 0.251 e. The summed E-state index contributed by atoms with van der Waals surface area (Å²) in [5, 5.41) is 2.81. The number of hydrogen-bond acceptors (Lipinski definition) is 2. The average Bonchev–Trinajstić information content (AvgIpc) is 2.99. The van der Waals surface area contributed by atoms with Crippen molar-refractivity contribution in [1.82, 2.24) is 5.32 Å². The number of amides is 2. The van der Waals surface area contributed by atoms with Crippen LogP contribution in [0.2, 0.25) is 0 Å². The van der Waals surface area contributed by atoms with Gasteiger partial charge in [0.2, 0.25) is 5.91 Å². The molecule has 0 fully saturated rings. The van der Waals surface area contributed by atoms with Crippen LogP contribution in [0, 0.1) is 6.92 Å². The largest absolute Gasteiger partial charge is 0.352 e. The summed E-state index contributed by atoms with van der Waals surface area (Å²) in [5.74, 6) is -0.0845. The number of nitrogens with one attached hydrogen (secondary N) is 1. The Morgan fingerprint density at radius 1 is 1.09 bits per heavy atom. The van der Waals surface area contributed by atoms with Gasteiger partial charge >= 0.3 is 0 Å². The highest BCUT2D eigenvalue weighted by atomic mass is 16.2. The molecule has 3 rings (SSSR count). The van der Waals surface area contributed by atoms with E-state index < -0.39 is 0 Å². The lowest BCUT2D eigenvalue weighted by atomic mass is 10.1. The summed E-state index contributed by atoms with van der Waals surface area (Å²) < 4.78 is 0. The van der Waals surface area contributed by atoms with Crippen molar-refractivity contribution >= 4 is 17.5 Å². The fraction of sp³-hybridized carbons (Fsp3) is 0.263. The van der Waals surface area contributed by atoms with Crippen LogP contribution in [0.15, 0.2) is 48.5 Å². The van der Waals surface area contributed by atoms with E-state index >= 15 is 0 Å². The van der Waals surface area contributed by atoms with Crippen molar-refractivity contribution in [2.24, 2.45) is 0 Å². The molecule has 1 N–H and O–H groups in total. The van der Waals surface area contributed by atoms with Gasteiger partial charge in [-0.25, -0.2) is 0 Å². The fourth-order valence-corrected chi connectivity index (χ4v) is 2.82. The highest BCUT2D eigenvalue weighted by Gasteiger charge is 2.23. The monoisotopic (exact) mass is 308 g/mol. The third-order valence-electron chi connectivity index (χ3n) is 4.13. The molecule has 4 nitrogen and oxygen atoms in total. The molecule has 4 heteroatoms. The molecule has 0 saturated carbocycles. The van der Waals surface area contributed by atoms with E-state index in [2.05, 4.69) is 11.4 Å². The van der Waals surface area contributed by atoms with E-state index in [9.17, 15) is 9.59 Å². The van der Waals surface area contributed by atoms with Gasteiger partial charge in [0.05, 0.1) is 0 Å². The summed E-state index contributed by atoms with van der Waals surface area (Å²) in [6.07, 6.45) is 1.21. The number of para-hydroxylation sites is 1. The average molecular weight is 308 g/mol. The minimum atomic E-state index is -0.139. The van der Waals surface area contributed by atoms with Gasteiger partial charge in [0.25, 0.3) is 5.91 Å². The molecule has 1 heterocycles. The first-order valence-electron chi connectivity index (χ1n) is 7.88. The quantitative estimate of drug-likeness (QED) is 0.944. The minimum absolute atomic E-state index is 0.0548. The first-order chi connectivity index (χ1) is 11.1.